The Kier molecular flexibility index (Phi) is 6.79. The SMILES string of the molecule is c1ccc(-c2nc(-c3cccc(-n4c5ccccc5c5ccccc54)c3)nc(-n3c4ccccc4c4cc5c(cc43)C3(CCCCC3)c3ccccc3-5)n2)cc1. The maximum Gasteiger partial charge on any atom is 0.238 e. The summed E-state index contributed by atoms with van der Waals surface area (Å²) in [5, 5.41) is 4.89. The van der Waals surface area contributed by atoms with Crippen molar-refractivity contribution >= 4 is 43.6 Å². The van der Waals surface area contributed by atoms with Gasteiger partial charge >= 0.3 is 0 Å². The quantitative estimate of drug-likeness (QED) is 0.182. The van der Waals surface area contributed by atoms with Crippen LogP contribution >= 0.6 is 0 Å². The molecule has 3 heterocycles. The Hall–Kier alpha value is -6.85. The number of fused-ring (bicyclic) bond motifs is 11. The minimum atomic E-state index is 0.0341. The highest BCUT2D eigenvalue weighted by atomic mass is 15.2. The maximum absolute atomic E-state index is 5.39. The number of nitrogens with zero attached hydrogens (tertiary/aromatic N) is 5. The van der Waals surface area contributed by atoms with Crippen LogP contribution in [-0.2, 0) is 5.41 Å². The molecule has 2 aliphatic carbocycles. The molecule has 7 aromatic carbocycles. The van der Waals surface area contributed by atoms with Crippen LogP contribution in [0.4, 0.5) is 0 Å². The van der Waals surface area contributed by atoms with E-state index in [1.165, 1.54) is 86.9 Å². The summed E-state index contributed by atoms with van der Waals surface area (Å²) in [5.74, 6) is 1.91. The molecule has 1 fully saturated rings. The number of hydrogen-bond donors (Lipinski definition) is 0. The third kappa shape index (κ3) is 4.51. The molecule has 1 spiro atoms. The number of rotatable bonds is 4. The molecule has 1 saturated carbocycles. The topological polar surface area (TPSA) is 48.5 Å². The van der Waals surface area contributed by atoms with E-state index in [0.717, 1.165) is 27.8 Å². The second kappa shape index (κ2) is 12.1. The summed E-state index contributed by atoms with van der Waals surface area (Å²) in [6, 6.07) is 59.0. The van der Waals surface area contributed by atoms with Gasteiger partial charge in [0, 0.05) is 43.8 Å². The highest BCUT2D eigenvalue weighted by Crippen LogP contribution is 2.57. The van der Waals surface area contributed by atoms with Gasteiger partial charge in [-0.1, -0.05) is 141 Å². The summed E-state index contributed by atoms with van der Waals surface area (Å²) in [7, 11) is 0. The lowest BCUT2D eigenvalue weighted by Crippen LogP contribution is -2.28. The Balaban J connectivity index is 1.11. The molecule has 10 aromatic rings. The summed E-state index contributed by atoms with van der Waals surface area (Å²) in [5.41, 5.74) is 13.3. The average Bonchev–Trinajstić information content (AvgIpc) is 3.87. The molecule has 0 N–H and O–H groups in total. The van der Waals surface area contributed by atoms with Gasteiger partial charge in [0.1, 0.15) is 0 Å². The lowest BCUT2D eigenvalue weighted by molar-refractivity contribution is 0.353. The molecule has 5 nitrogen and oxygen atoms in total. The smallest absolute Gasteiger partial charge is 0.238 e. The maximum atomic E-state index is 5.39. The first-order valence-electron chi connectivity index (χ1n) is 19.8. The van der Waals surface area contributed by atoms with Gasteiger partial charge in [-0.15, -0.1) is 0 Å². The summed E-state index contributed by atoms with van der Waals surface area (Å²) in [4.78, 5) is 15.9. The number of aromatic nitrogens is 5. The van der Waals surface area contributed by atoms with Crippen LogP contribution in [0.3, 0.4) is 0 Å². The largest absolute Gasteiger partial charge is 0.309 e. The molecule has 0 bridgehead atoms. The van der Waals surface area contributed by atoms with E-state index in [4.69, 9.17) is 15.0 Å². The summed E-state index contributed by atoms with van der Waals surface area (Å²) in [6.45, 7) is 0. The molecular weight excluding hydrogens is 683 g/mol. The lowest BCUT2D eigenvalue weighted by Gasteiger charge is -2.36. The summed E-state index contributed by atoms with van der Waals surface area (Å²) < 4.78 is 4.64. The fourth-order valence-corrected chi connectivity index (χ4v) is 10.1. The molecule has 0 aliphatic heterocycles. The predicted molar refractivity (Wildman–Crippen MR) is 229 cm³/mol. The van der Waals surface area contributed by atoms with Crippen LogP contribution in [0, 0.1) is 0 Å². The molecular formula is C51H37N5. The third-order valence-electron chi connectivity index (χ3n) is 12.6. The highest BCUT2D eigenvalue weighted by Gasteiger charge is 2.44. The Morgan fingerprint density at radius 2 is 0.982 bits per heavy atom. The second-order valence-electron chi connectivity index (χ2n) is 15.5. The molecule has 12 rings (SSSR count). The highest BCUT2D eigenvalue weighted by molar-refractivity contribution is 6.12. The molecule has 0 saturated heterocycles. The van der Waals surface area contributed by atoms with Gasteiger partial charge in [0.15, 0.2) is 11.6 Å². The van der Waals surface area contributed by atoms with Gasteiger partial charge < -0.3 is 4.57 Å². The number of para-hydroxylation sites is 3. The number of benzene rings is 7. The van der Waals surface area contributed by atoms with Crippen LogP contribution < -0.4 is 0 Å². The average molecular weight is 720 g/mol. The lowest BCUT2D eigenvalue weighted by atomic mass is 9.68. The molecule has 0 radical (unpaired) electrons. The van der Waals surface area contributed by atoms with Crippen molar-refractivity contribution in [1.29, 1.82) is 0 Å². The van der Waals surface area contributed by atoms with Crippen LogP contribution in [0.25, 0.3) is 89.2 Å². The zero-order valence-corrected chi connectivity index (χ0v) is 30.9. The van der Waals surface area contributed by atoms with Crippen LogP contribution in [0.2, 0.25) is 0 Å². The van der Waals surface area contributed by atoms with Gasteiger partial charge in [-0.2, -0.15) is 9.97 Å². The summed E-state index contributed by atoms with van der Waals surface area (Å²) >= 11 is 0. The van der Waals surface area contributed by atoms with Crippen molar-refractivity contribution in [2.45, 2.75) is 37.5 Å². The minimum Gasteiger partial charge on any atom is -0.309 e. The van der Waals surface area contributed by atoms with Gasteiger partial charge in [-0.3, -0.25) is 4.57 Å². The van der Waals surface area contributed by atoms with Crippen molar-refractivity contribution in [1.82, 2.24) is 24.1 Å². The van der Waals surface area contributed by atoms with E-state index in [1.54, 1.807) is 0 Å². The molecule has 0 amide bonds. The molecule has 56 heavy (non-hydrogen) atoms. The Morgan fingerprint density at radius 1 is 0.393 bits per heavy atom. The first-order chi connectivity index (χ1) is 27.7. The zero-order chi connectivity index (χ0) is 36.8. The predicted octanol–water partition coefficient (Wildman–Crippen LogP) is 12.6. The van der Waals surface area contributed by atoms with Gasteiger partial charge in [0.25, 0.3) is 0 Å². The van der Waals surface area contributed by atoms with Gasteiger partial charge in [0.2, 0.25) is 5.95 Å². The molecule has 3 aromatic heterocycles. The standard InChI is InChI=1S/C51H37N5/c1-3-16-33(17-4-1)48-52-49(34-18-15-19-35(30-34)55-44-25-10-6-21-37(44)38-22-7-11-26-45(38)55)54-50(53-48)56-46-27-12-8-23-39(46)41-31-40-36-20-5-9-24-42(36)51(28-13-2-14-29-51)43(40)32-47(41)56/h1,3-12,15-27,30-32H,2,13-14,28-29H2. The normalized spacial score (nSPS) is 14.6. The minimum absolute atomic E-state index is 0.0341. The first-order valence-corrected chi connectivity index (χ1v) is 19.8. The van der Waals surface area contributed by atoms with Crippen LogP contribution in [0.1, 0.15) is 43.2 Å². The van der Waals surface area contributed by atoms with Crippen LogP contribution in [0.5, 0.6) is 0 Å². The van der Waals surface area contributed by atoms with E-state index in [-0.39, 0.29) is 5.41 Å². The van der Waals surface area contributed by atoms with Crippen molar-refractivity contribution in [3.63, 3.8) is 0 Å². The molecule has 0 unspecified atom stereocenters. The van der Waals surface area contributed by atoms with Crippen molar-refractivity contribution in [2.24, 2.45) is 0 Å². The van der Waals surface area contributed by atoms with Crippen molar-refractivity contribution in [2.75, 3.05) is 0 Å². The summed E-state index contributed by atoms with van der Waals surface area (Å²) in [6.07, 6.45) is 6.16. The molecule has 266 valence electrons. The van der Waals surface area contributed by atoms with E-state index in [1.807, 2.05) is 18.2 Å². The first kappa shape index (κ1) is 31.5. The monoisotopic (exact) mass is 719 g/mol. The molecule has 2 aliphatic rings. The Bertz CT molecular complexity index is 3130. The third-order valence-corrected chi connectivity index (χ3v) is 12.6. The molecule has 5 heteroatoms. The van der Waals surface area contributed by atoms with Crippen molar-refractivity contribution in [3.05, 3.63) is 175 Å². The zero-order valence-electron chi connectivity index (χ0n) is 30.9. The fourth-order valence-electron chi connectivity index (χ4n) is 10.1. The Morgan fingerprint density at radius 3 is 1.71 bits per heavy atom. The van der Waals surface area contributed by atoms with E-state index in [2.05, 4.69) is 155 Å². The second-order valence-corrected chi connectivity index (χ2v) is 15.5. The van der Waals surface area contributed by atoms with E-state index in [0.29, 0.717) is 17.6 Å². The van der Waals surface area contributed by atoms with Gasteiger partial charge in [0.05, 0.1) is 22.1 Å². The number of hydrogen-bond acceptors (Lipinski definition) is 3. The van der Waals surface area contributed by atoms with E-state index < -0.39 is 0 Å². The Labute approximate surface area is 324 Å². The van der Waals surface area contributed by atoms with Crippen LogP contribution in [-0.4, -0.2) is 24.1 Å². The van der Waals surface area contributed by atoms with E-state index >= 15 is 0 Å². The van der Waals surface area contributed by atoms with E-state index in [9.17, 15) is 0 Å². The van der Waals surface area contributed by atoms with Gasteiger partial charge in [-0.25, -0.2) is 4.98 Å². The van der Waals surface area contributed by atoms with Gasteiger partial charge in [-0.05, 0) is 77.6 Å². The molecule has 0 atom stereocenters. The van der Waals surface area contributed by atoms with Crippen molar-refractivity contribution < 1.29 is 0 Å². The fraction of sp³-hybridized carbons (Fsp3) is 0.118. The van der Waals surface area contributed by atoms with Crippen LogP contribution in [0.15, 0.2) is 164 Å². The van der Waals surface area contributed by atoms with Crippen molar-refractivity contribution in [3.8, 4) is 45.5 Å².